The van der Waals surface area contributed by atoms with Crippen molar-refractivity contribution >= 4 is 33.2 Å². The van der Waals surface area contributed by atoms with E-state index >= 15 is 0 Å². The molecule has 4 aromatic rings. The van der Waals surface area contributed by atoms with Crippen LogP contribution >= 0.6 is 22.9 Å². The molecule has 0 saturated heterocycles. The smallest absolute Gasteiger partial charge is 0.260 e. The van der Waals surface area contributed by atoms with E-state index in [1.165, 1.54) is 0 Å². The average molecular weight is 441 g/mol. The number of H-pyrrole nitrogens is 1. The average Bonchev–Trinajstić information content (AvgIpc) is 3.14. The quantitative estimate of drug-likeness (QED) is 0.422. The second kappa shape index (κ2) is 8.13. The Morgan fingerprint density at radius 3 is 2.47 bits per heavy atom. The van der Waals surface area contributed by atoms with Crippen LogP contribution in [0.3, 0.4) is 0 Å². The summed E-state index contributed by atoms with van der Waals surface area (Å²) in [6.07, 6.45) is 0.809. The number of aryl methyl sites for hydroxylation is 2. The van der Waals surface area contributed by atoms with Gasteiger partial charge >= 0.3 is 0 Å². The summed E-state index contributed by atoms with van der Waals surface area (Å²) in [6.45, 7) is 4.05. The fraction of sp³-hybridized carbons (Fsp3) is 0.217. The lowest BCUT2D eigenvalue weighted by molar-refractivity contribution is 0.355. The number of fused-ring (bicyclic) bond motifs is 1. The van der Waals surface area contributed by atoms with Crippen LogP contribution in [0.5, 0.6) is 11.5 Å². The molecule has 0 aliphatic rings. The molecule has 154 valence electrons. The highest BCUT2D eigenvalue weighted by Gasteiger charge is 2.19. The van der Waals surface area contributed by atoms with Crippen LogP contribution < -0.4 is 15.0 Å². The van der Waals surface area contributed by atoms with Crippen molar-refractivity contribution in [1.29, 1.82) is 0 Å². The van der Waals surface area contributed by atoms with E-state index in [1.807, 2.05) is 31.2 Å². The Balaban J connectivity index is 1.92. The lowest BCUT2D eigenvalue weighted by atomic mass is 10.0. The van der Waals surface area contributed by atoms with Crippen molar-refractivity contribution in [2.75, 3.05) is 14.2 Å². The van der Waals surface area contributed by atoms with E-state index in [0.29, 0.717) is 32.6 Å². The molecule has 2 heterocycles. The number of hydrogen-bond acceptors (Lipinski definition) is 5. The molecule has 0 fully saturated rings. The largest absolute Gasteiger partial charge is 0.493 e. The van der Waals surface area contributed by atoms with Crippen molar-refractivity contribution in [3.05, 3.63) is 62.2 Å². The minimum Gasteiger partial charge on any atom is -0.493 e. The van der Waals surface area contributed by atoms with Crippen molar-refractivity contribution in [1.82, 2.24) is 9.97 Å². The summed E-state index contributed by atoms with van der Waals surface area (Å²) in [6, 6.07) is 11.3. The topological polar surface area (TPSA) is 64.2 Å². The highest BCUT2D eigenvalue weighted by atomic mass is 35.5. The summed E-state index contributed by atoms with van der Waals surface area (Å²) in [5, 5.41) is 1.32. The molecule has 5 nitrogen and oxygen atoms in total. The van der Waals surface area contributed by atoms with Gasteiger partial charge in [0.05, 0.1) is 19.6 Å². The first-order valence-electron chi connectivity index (χ1n) is 9.51. The molecule has 2 aromatic carbocycles. The zero-order valence-electron chi connectivity index (χ0n) is 17.1. The van der Waals surface area contributed by atoms with Crippen LogP contribution in [0.25, 0.3) is 32.7 Å². The first kappa shape index (κ1) is 20.4. The highest BCUT2D eigenvalue weighted by molar-refractivity contribution is 7.19. The van der Waals surface area contributed by atoms with Crippen molar-refractivity contribution in [2.24, 2.45) is 0 Å². The van der Waals surface area contributed by atoms with E-state index in [4.69, 9.17) is 26.1 Å². The zero-order chi connectivity index (χ0) is 21.4. The summed E-state index contributed by atoms with van der Waals surface area (Å²) in [5.74, 6) is 1.70. The van der Waals surface area contributed by atoms with Crippen LogP contribution in [0.4, 0.5) is 0 Å². The van der Waals surface area contributed by atoms with E-state index in [1.54, 1.807) is 37.7 Å². The molecule has 0 bridgehead atoms. The van der Waals surface area contributed by atoms with Crippen LogP contribution in [0.2, 0.25) is 5.02 Å². The summed E-state index contributed by atoms with van der Waals surface area (Å²) < 4.78 is 10.7. The molecule has 7 heteroatoms. The Morgan fingerprint density at radius 2 is 1.80 bits per heavy atom. The fourth-order valence-electron chi connectivity index (χ4n) is 3.53. The molecule has 1 N–H and O–H groups in total. The predicted molar refractivity (Wildman–Crippen MR) is 123 cm³/mol. The number of benzene rings is 2. The standard InChI is InChI=1S/C23H21ClN2O3S/c1-5-18-19(13-6-8-15(24)12(2)10-13)20-22(27)25-21(26-23(20)30-18)14-7-9-16(28-3)17(11-14)29-4/h6-11H,5H2,1-4H3,(H,25,26,27). The van der Waals surface area contributed by atoms with E-state index in [9.17, 15) is 4.79 Å². The van der Waals surface area contributed by atoms with E-state index in [0.717, 1.165) is 33.6 Å². The van der Waals surface area contributed by atoms with Crippen molar-refractivity contribution < 1.29 is 9.47 Å². The Kier molecular flexibility index (Phi) is 5.54. The van der Waals surface area contributed by atoms with Gasteiger partial charge in [0.15, 0.2) is 11.5 Å². The number of methoxy groups -OCH3 is 2. The van der Waals surface area contributed by atoms with Gasteiger partial charge in [0.2, 0.25) is 0 Å². The number of rotatable bonds is 5. The number of nitrogens with one attached hydrogen (secondary N) is 1. The number of thiophene rings is 1. The van der Waals surface area contributed by atoms with Crippen LogP contribution in [0.15, 0.2) is 41.2 Å². The second-order valence-electron chi connectivity index (χ2n) is 6.88. The summed E-state index contributed by atoms with van der Waals surface area (Å²) in [4.78, 5) is 22.7. The first-order chi connectivity index (χ1) is 14.5. The minimum absolute atomic E-state index is 0.164. The number of aromatic nitrogens is 2. The van der Waals surface area contributed by atoms with Crippen LogP contribution in [-0.4, -0.2) is 24.2 Å². The second-order valence-corrected chi connectivity index (χ2v) is 8.37. The maximum atomic E-state index is 13.2. The molecule has 0 aliphatic heterocycles. The molecule has 2 aromatic heterocycles. The molecular formula is C23H21ClN2O3S. The molecule has 30 heavy (non-hydrogen) atoms. The summed E-state index contributed by atoms with van der Waals surface area (Å²) in [7, 11) is 3.16. The van der Waals surface area contributed by atoms with Crippen molar-refractivity contribution in [3.8, 4) is 34.0 Å². The molecular weight excluding hydrogens is 420 g/mol. The molecule has 0 unspecified atom stereocenters. The summed E-state index contributed by atoms with van der Waals surface area (Å²) >= 11 is 7.75. The molecule has 0 amide bonds. The molecule has 0 saturated carbocycles. The lowest BCUT2D eigenvalue weighted by Gasteiger charge is -2.09. The fourth-order valence-corrected chi connectivity index (χ4v) is 4.78. The SMILES string of the molecule is CCc1sc2nc(-c3ccc(OC)c(OC)c3)[nH]c(=O)c2c1-c1ccc(Cl)c(C)c1. The molecule has 0 atom stereocenters. The Hall–Kier alpha value is -2.83. The first-order valence-corrected chi connectivity index (χ1v) is 10.7. The van der Waals surface area contributed by atoms with E-state index in [2.05, 4.69) is 11.9 Å². The van der Waals surface area contributed by atoms with Gasteiger partial charge in [-0.2, -0.15) is 0 Å². The van der Waals surface area contributed by atoms with Crippen LogP contribution in [-0.2, 0) is 6.42 Å². The molecule has 0 aliphatic carbocycles. The molecule has 0 radical (unpaired) electrons. The maximum absolute atomic E-state index is 13.2. The minimum atomic E-state index is -0.164. The van der Waals surface area contributed by atoms with Crippen LogP contribution in [0.1, 0.15) is 17.4 Å². The molecule has 0 spiro atoms. The van der Waals surface area contributed by atoms with Gasteiger partial charge in [0, 0.05) is 21.0 Å². The van der Waals surface area contributed by atoms with Gasteiger partial charge < -0.3 is 14.5 Å². The Labute approximate surface area is 183 Å². The number of nitrogens with zero attached hydrogens (tertiary/aromatic N) is 1. The Morgan fingerprint density at radius 1 is 1.07 bits per heavy atom. The van der Waals surface area contributed by atoms with Crippen molar-refractivity contribution in [3.63, 3.8) is 0 Å². The maximum Gasteiger partial charge on any atom is 0.260 e. The van der Waals surface area contributed by atoms with Gasteiger partial charge in [-0.1, -0.05) is 24.6 Å². The number of aromatic amines is 1. The normalized spacial score (nSPS) is 11.1. The van der Waals surface area contributed by atoms with Gasteiger partial charge in [0.25, 0.3) is 5.56 Å². The van der Waals surface area contributed by atoms with Crippen molar-refractivity contribution in [2.45, 2.75) is 20.3 Å². The number of halogens is 1. The monoisotopic (exact) mass is 440 g/mol. The zero-order valence-corrected chi connectivity index (χ0v) is 18.7. The Bertz CT molecular complexity index is 1310. The van der Waals surface area contributed by atoms with E-state index < -0.39 is 0 Å². The predicted octanol–water partition coefficient (Wildman–Crippen LogP) is 5.86. The molecule has 4 rings (SSSR count). The van der Waals surface area contributed by atoms with Gasteiger partial charge in [-0.25, -0.2) is 4.98 Å². The third-order valence-electron chi connectivity index (χ3n) is 5.06. The van der Waals surface area contributed by atoms with Gasteiger partial charge in [-0.05, 0) is 54.8 Å². The van der Waals surface area contributed by atoms with Crippen LogP contribution in [0, 0.1) is 6.92 Å². The lowest BCUT2D eigenvalue weighted by Crippen LogP contribution is -2.09. The van der Waals surface area contributed by atoms with Gasteiger partial charge in [-0.3, -0.25) is 4.79 Å². The van der Waals surface area contributed by atoms with Gasteiger partial charge in [-0.15, -0.1) is 11.3 Å². The number of hydrogen-bond donors (Lipinski definition) is 1. The summed E-state index contributed by atoms with van der Waals surface area (Å²) in [5.41, 5.74) is 3.48. The highest BCUT2D eigenvalue weighted by Crippen LogP contribution is 2.38. The third kappa shape index (κ3) is 3.46. The van der Waals surface area contributed by atoms with Gasteiger partial charge in [0.1, 0.15) is 10.7 Å². The number of ether oxygens (including phenoxy) is 2. The third-order valence-corrected chi connectivity index (χ3v) is 6.71. The van der Waals surface area contributed by atoms with E-state index in [-0.39, 0.29) is 5.56 Å².